The van der Waals surface area contributed by atoms with Crippen LogP contribution in [0.2, 0.25) is 0 Å². The van der Waals surface area contributed by atoms with Gasteiger partial charge < -0.3 is 0 Å². The molecule has 1 aliphatic rings. The first kappa shape index (κ1) is 15.5. The molecule has 0 aliphatic carbocycles. The molecule has 1 atom stereocenters. The third-order valence-electron chi connectivity index (χ3n) is 2.75. The van der Waals surface area contributed by atoms with Gasteiger partial charge in [0.05, 0.1) is 0 Å². The Kier molecular flexibility index (Phi) is 5.56. The van der Waals surface area contributed by atoms with Crippen LogP contribution in [-0.2, 0) is 4.79 Å². The molecule has 2 rings (SSSR count). The maximum absolute atomic E-state index is 11.9. The van der Waals surface area contributed by atoms with E-state index >= 15 is 0 Å². The van der Waals surface area contributed by atoms with Crippen molar-refractivity contribution >= 4 is 57.5 Å². The Labute approximate surface area is 131 Å². The summed E-state index contributed by atoms with van der Waals surface area (Å²) in [5.74, 6) is 0.859. The van der Waals surface area contributed by atoms with Crippen LogP contribution in [0, 0.1) is 0 Å². The van der Waals surface area contributed by atoms with E-state index in [2.05, 4.69) is 15.2 Å². The van der Waals surface area contributed by atoms with Gasteiger partial charge in [0.1, 0.15) is 5.50 Å². The van der Waals surface area contributed by atoms with Crippen LogP contribution >= 0.6 is 34.7 Å². The normalized spacial score (nSPS) is 17.9. The fourth-order valence-electron chi connectivity index (χ4n) is 1.57. The predicted octanol–water partition coefficient (Wildman–Crippen LogP) is 2.68. The van der Waals surface area contributed by atoms with Crippen molar-refractivity contribution in [3.05, 3.63) is 11.1 Å². The molecule has 1 unspecified atom stereocenters. The number of aliphatic imine (C=N–C) groups is 1. The number of nitrogens with zero attached hydrogens (tertiary/aromatic N) is 4. The third-order valence-corrected chi connectivity index (χ3v) is 4.70. The number of hydrogen-bond acceptors (Lipinski definition) is 6. The Morgan fingerprint density at radius 3 is 3.05 bits per heavy atom. The lowest BCUT2D eigenvalue weighted by Gasteiger charge is -2.12. The average molecular weight is 331 g/mol. The number of rotatable bonds is 5. The smallest absolute Gasteiger partial charge is 0.229 e. The first-order valence-corrected chi connectivity index (χ1v) is 8.73. The number of dihydropyridines is 1. The molecule has 1 aliphatic heterocycles. The average Bonchev–Trinajstić information content (AvgIpc) is 2.94. The Balaban J connectivity index is 2.05. The summed E-state index contributed by atoms with van der Waals surface area (Å²) in [6.45, 7) is 0. The van der Waals surface area contributed by atoms with Gasteiger partial charge in [-0.1, -0.05) is 29.0 Å². The molecule has 0 aromatic carbocycles. The number of carbonyl (C=O) groups is 1. The highest BCUT2D eigenvalue weighted by Crippen LogP contribution is 2.27. The van der Waals surface area contributed by atoms with Crippen LogP contribution in [0.3, 0.4) is 0 Å². The highest BCUT2D eigenvalue weighted by molar-refractivity contribution is 7.98. The van der Waals surface area contributed by atoms with E-state index in [-0.39, 0.29) is 11.4 Å². The summed E-state index contributed by atoms with van der Waals surface area (Å²) in [5.41, 5.74) is 0.720. The quantitative estimate of drug-likeness (QED) is 0.615. The van der Waals surface area contributed by atoms with Crippen molar-refractivity contribution in [2.75, 3.05) is 24.0 Å². The van der Waals surface area contributed by atoms with E-state index in [1.165, 1.54) is 11.3 Å². The standard InChI is InChI=1S/C12H15ClN4OS2/c1-17(10(18)5-6-19-2)12-16-15-11(20-12)8-3-4-9(13)14-7-8/h3,7,9H,4-6H2,1-2H3. The second kappa shape index (κ2) is 7.19. The van der Waals surface area contributed by atoms with Crippen LogP contribution in [0.5, 0.6) is 0 Å². The molecule has 0 radical (unpaired) electrons. The number of aromatic nitrogens is 2. The molecule has 1 aromatic rings. The van der Waals surface area contributed by atoms with Crippen molar-refractivity contribution in [2.45, 2.75) is 18.3 Å². The van der Waals surface area contributed by atoms with Gasteiger partial charge in [0.25, 0.3) is 0 Å². The zero-order valence-corrected chi connectivity index (χ0v) is 13.6. The molecular weight excluding hydrogens is 316 g/mol. The number of allylic oxidation sites excluding steroid dienone is 1. The topological polar surface area (TPSA) is 58.5 Å². The minimum Gasteiger partial charge on any atom is -0.290 e. The fraction of sp³-hybridized carbons (Fsp3) is 0.500. The van der Waals surface area contributed by atoms with E-state index in [0.717, 1.165) is 16.3 Å². The monoisotopic (exact) mass is 330 g/mol. The number of anilines is 1. The number of halogens is 1. The van der Waals surface area contributed by atoms with E-state index in [9.17, 15) is 4.79 Å². The van der Waals surface area contributed by atoms with Crippen molar-refractivity contribution in [2.24, 2.45) is 4.99 Å². The minimum absolute atomic E-state index is 0.0502. The van der Waals surface area contributed by atoms with Crippen LogP contribution in [0.4, 0.5) is 5.13 Å². The van der Waals surface area contributed by atoms with Crippen molar-refractivity contribution in [1.29, 1.82) is 0 Å². The maximum atomic E-state index is 11.9. The van der Waals surface area contributed by atoms with E-state index in [1.807, 2.05) is 12.3 Å². The highest BCUT2D eigenvalue weighted by atomic mass is 35.5. The predicted molar refractivity (Wildman–Crippen MR) is 87.0 cm³/mol. The third kappa shape index (κ3) is 3.80. The zero-order valence-electron chi connectivity index (χ0n) is 11.2. The second-order valence-corrected chi connectivity index (χ2v) is 6.64. The lowest BCUT2D eigenvalue weighted by molar-refractivity contribution is -0.117. The first-order valence-electron chi connectivity index (χ1n) is 6.08. The summed E-state index contributed by atoms with van der Waals surface area (Å²) in [5, 5.41) is 9.55. The molecule has 0 fully saturated rings. The lowest BCUT2D eigenvalue weighted by Crippen LogP contribution is -2.26. The van der Waals surface area contributed by atoms with Crippen LogP contribution in [-0.4, -0.2) is 46.9 Å². The van der Waals surface area contributed by atoms with Gasteiger partial charge in [0, 0.05) is 37.4 Å². The molecule has 1 aromatic heterocycles. The highest BCUT2D eigenvalue weighted by Gasteiger charge is 2.17. The summed E-state index contributed by atoms with van der Waals surface area (Å²) in [7, 11) is 1.73. The van der Waals surface area contributed by atoms with E-state index in [4.69, 9.17) is 11.6 Å². The molecule has 0 bridgehead atoms. The summed E-state index contributed by atoms with van der Waals surface area (Å²) < 4.78 is 0. The molecule has 0 N–H and O–H groups in total. The van der Waals surface area contributed by atoms with Crippen molar-refractivity contribution in [3.8, 4) is 0 Å². The van der Waals surface area contributed by atoms with Gasteiger partial charge in [-0.2, -0.15) is 11.8 Å². The lowest BCUT2D eigenvalue weighted by atomic mass is 10.2. The second-order valence-electron chi connectivity index (χ2n) is 4.19. The minimum atomic E-state index is -0.193. The number of amides is 1. The van der Waals surface area contributed by atoms with Gasteiger partial charge in [-0.3, -0.25) is 14.7 Å². The van der Waals surface area contributed by atoms with Crippen LogP contribution in [0.1, 0.15) is 17.8 Å². The number of alkyl halides is 1. The SMILES string of the molecule is CSCCC(=O)N(C)c1nnc(C2=CCC(Cl)N=C2)s1. The fourth-order valence-corrected chi connectivity index (χ4v) is 2.93. The van der Waals surface area contributed by atoms with E-state index < -0.39 is 0 Å². The van der Waals surface area contributed by atoms with Crippen molar-refractivity contribution in [3.63, 3.8) is 0 Å². The van der Waals surface area contributed by atoms with Crippen molar-refractivity contribution < 1.29 is 4.79 Å². The summed E-state index contributed by atoms with van der Waals surface area (Å²) >= 11 is 8.92. The molecule has 0 saturated heterocycles. The van der Waals surface area contributed by atoms with Crippen LogP contribution in [0.25, 0.3) is 5.57 Å². The number of thioether (sulfide) groups is 1. The molecule has 8 heteroatoms. The number of carbonyl (C=O) groups excluding carboxylic acids is 1. The van der Waals surface area contributed by atoms with Gasteiger partial charge in [-0.25, -0.2) is 0 Å². The van der Waals surface area contributed by atoms with E-state index in [1.54, 1.807) is 29.9 Å². The summed E-state index contributed by atoms with van der Waals surface area (Å²) in [6, 6.07) is 0. The van der Waals surface area contributed by atoms with Crippen LogP contribution < -0.4 is 4.90 Å². The first-order chi connectivity index (χ1) is 9.61. The number of hydrogen-bond donors (Lipinski definition) is 0. The van der Waals surface area contributed by atoms with Gasteiger partial charge in [0.2, 0.25) is 11.0 Å². The Bertz CT molecular complexity index is 543. The van der Waals surface area contributed by atoms with E-state index in [0.29, 0.717) is 18.0 Å². The summed E-state index contributed by atoms with van der Waals surface area (Å²) in [6.07, 6.45) is 6.87. The molecule has 108 valence electrons. The molecule has 1 amide bonds. The van der Waals surface area contributed by atoms with Crippen LogP contribution in [0.15, 0.2) is 11.1 Å². The molecule has 20 heavy (non-hydrogen) atoms. The Morgan fingerprint density at radius 1 is 1.60 bits per heavy atom. The molecule has 0 saturated carbocycles. The molecule has 5 nitrogen and oxygen atoms in total. The van der Waals surface area contributed by atoms with Gasteiger partial charge in [0.15, 0.2) is 5.01 Å². The zero-order chi connectivity index (χ0) is 14.5. The molecular formula is C12H15ClN4OS2. The summed E-state index contributed by atoms with van der Waals surface area (Å²) in [4.78, 5) is 17.6. The Hall–Kier alpha value is -0.920. The van der Waals surface area contributed by atoms with Gasteiger partial charge >= 0.3 is 0 Å². The molecule has 2 heterocycles. The molecule has 0 spiro atoms. The van der Waals surface area contributed by atoms with Crippen molar-refractivity contribution in [1.82, 2.24) is 10.2 Å². The maximum Gasteiger partial charge on any atom is 0.229 e. The van der Waals surface area contributed by atoms with Gasteiger partial charge in [-0.15, -0.1) is 10.2 Å². The largest absolute Gasteiger partial charge is 0.290 e. The van der Waals surface area contributed by atoms with Gasteiger partial charge in [-0.05, 0) is 6.26 Å². The Morgan fingerprint density at radius 2 is 2.40 bits per heavy atom.